The first-order valence-corrected chi connectivity index (χ1v) is 8.89. The smallest absolute Gasteiger partial charge is 0.341 e. The van der Waals surface area contributed by atoms with E-state index in [0.717, 1.165) is 12.6 Å². The molecule has 1 amide bonds. The summed E-state index contributed by atoms with van der Waals surface area (Å²) in [5.74, 6) is -2.04. The molecule has 4 heterocycles. The lowest BCUT2D eigenvalue weighted by molar-refractivity contribution is -0.139. The number of hydrogen-bond acceptors (Lipinski definition) is 5. The molecule has 26 heavy (non-hydrogen) atoms. The third-order valence-corrected chi connectivity index (χ3v) is 5.79. The van der Waals surface area contributed by atoms with Gasteiger partial charge in [0.15, 0.2) is 5.83 Å². The predicted octanol–water partition coefficient (Wildman–Crippen LogP) is 0.807. The molecule has 0 aliphatic carbocycles. The molecule has 4 aliphatic rings. The van der Waals surface area contributed by atoms with Gasteiger partial charge >= 0.3 is 5.97 Å². The van der Waals surface area contributed by atoms with E-state index in [2.05, 4.69) is 0 Å². The van der Waals surface area contributed by atoms with E-state index < -0.39 is 23.7 Å². The number of carboxylic acid groups (broad SMARTS) is 1. The second kappa shape index (κ2) is 6.12. The molecule has 8 heteroatoms. The number of hydrogen-bond donors (Lipinski definition) is 2. The molecule has 4 rings (SSSR count). The number of halogens is 1. The second-order valence-corrected chi connectivity index (χ2v) is 7.43. The molecule has 0 radical (unpaired) electrons. The Hall–Kier alpha value is -2.35. The van der Waals surface area contributed by atoms with E-state index >= 15 is 0 Å². The average Bonchev–Trinajstić information content (AvgIpc) is 3.07. The van der Waals surface area contributed by atoms with E-state index in [1.54, 1.807) is 0 Å². The van der Waals surface area contributed by atoms with E-state index in [0.29, 0.717) is 43.6 Å². The number of rotatable bonds is 3. The van der Waals surface area contributed by atoms with Crippen LogP contribution in [0.3, 0.4) is 0 Å². The fraction of sp³-hybridized carbons (Fsp3) is 0.556. The molecule has 2 fully saturated rings. The summed E-state index contributed by atoms with van der Waals surface area (Å²) in [6.07, 6.45) is 3.53. The monoisotopic (exact) mass is 363 g/mol. The number of aliphatic carboxylic acids is 1. The molecule has 3 unspecified atom stereocenters. The van der Waals surface area contributed by atoms with E-state index in [9.17, 15) is 19.1 Å². The Labute approximate surface area is 150 Å². The number of ether oxygens (including phenoxy) is 1. The standard InChI is InChI=1S/C18H22FN3O4/c1-9-8-26-16-14-11(9)4-12(18(24)25)17(23)22(14)7-13(19)15(16)21-3-2-10(5-20)6-21/h4,7,9-11,14H,2-3,5-6,8,20H2,1H3,(H,24,25)/t9-,10?,11?,14?/m0/s1. The minimum atomic E-state index is -1.29. The Morgan fingerprint density at radius 1 is 1.50 bits per heavy atom. The number of carboxylic acids is 1. The van der Waals surface area contributed by atoms with Gasteiger partial charge in [-0.25, -0.2) is 9.18 Å². The van der Waals surface area contributed by atoms with Gasteiger partial charge in [-0.1, -0.05) is 13.0 Å². The molecule has 0 spiro atoms. The number of allylic oxidation sites excluding steroid dienone is 1. The van der Waals surface area contributed by atoms with Crippen LogP contribution in [0.4, 0.5) is 4.39 Å². The Morgan fingerprint density at radius 2 is 2.27 bits per heavy atom. The Morgan fingerprint density at radius 3 is 2.92 bits per heavy atom. The maximum absolute atomic E-state index is 15.0. The van der Waals surface area contributed by atoms with Gasteiger partial charge in [0.05, 0.1) is 6.61 Å². The van der Waals surface area contributed by atoms with Crippen LogP contribution in [0.2, 0.25) is 0 Å². The van der Waals surface area contributed by atoms with Gasteiger partial charge in [-0.15, -0.1) is 0 Å². The number of carbonyl (C=O) groups excluding carboxylic acids is 1. The summed E-state index contributed by atoms with van der Waals surface area (Å²) in [4.78, 5) is 27.1. The Bertz CT molecular complexity index is 760. The van der Waals surface area contributed by atoms with Crippen LogP contribution in [0.1, 0.15) is 13.3 Å². The fourth-order valence-corrected chi connectivity index (χ4v) is 4.35. The molecule has 0 saturated carbocycles. The summed E-state index contributed by atoms with van der Waals surface area (Å²) >= 11 is 0. The molecule has 0 bridgehead atoms. The normalized spacial score (nSPS) is 33.6. The van der Waals surface area contributed by atoms with E-state index in [1.807, 2.05) is 11.8 Å². The first-order chi connectivity index (χ1) is 12.4. The lowest BCUT2D eigenvalue weighted by Crippen LogP contribution is -2.54. The number of nitrogens with zero attached hydrogens (tertiary/aromatic N) is 2. The molecule has 2 saturated heterocycles. The van der Waals surface area contributed by atoms with Crippen LogP contribution >= 0.6 is 0 Å². The molecule has 0 aromatic heterocycles. The van der Waals surface area contributed by atoms with Crippen LogP contribution in [0.5, 0.6) is 0 Å². The number of amides is 1. The summed E-state index contributed by atoms with van der Waals surface area (Å²) in [5.41, 5.74) is 5.83. The molecule has 4 aliphatic heterocycles. The molecule has 140 valence electrons. The van der Waals surface area contributed by atoms with Crippen molar-refractivity contribution in [2.24, 2.45) is 23.5 Å². The maximum atomic E-state index is 15.0. The van der Waals surface area contributed by atoms with E-state index in [4.69, 9.17) is 10.5 Å². The Kier molecular flexibility index (Phi) is 4.02. The summed E-state index contributed by atoms with van der Waals surface area (Å²) in [6, 6.07) is -0.499. The molecule has 7 nitrogen and oxygen atoms in total. The van der Waals surface area contributed by atoms with E-state index in [1.165, 1.54) is 11.0 Å². The molecular weight excluding hydrogens is 341 g/mol. The zero-order chi connectivity index (χ0) is 18.6. The lowest BCUT2D eigenvalue weighted by Gasteiger charge is -2.47. The third kappa shape index (κ3) is 2.43. The van der Waals surface area contributed by atoms with Gasteiger partial charge in [-0.3, -0.25) is 4.79 Å². The van der Waals surface area contributed by atoms with Gasteiger partial charge in [0, 0.05) is 25.2 Å². The van der Waals surface area contributed by atoms with Gasteiger partial charge in [0.1, 0.15) is 23.1 Å². The minimum Gasteiger partial charge on any atom is -0.493 e. The van der Waals surface area contributed by atoms with E-state index in [-0.39, 0.29) is 17.4 Å². The Balaban J connectivity index is 1.79. The van der Waals surface area contributed by atoms with Crippen molar-refractivity contribution in [3.8, 4) is 0 Å². The van der Waals surface area contributed by atoms with Crippen LogP contribution < -0.4 is 5.73 Å². The van der Waals surface area contributed by atoms with Crippen molar-refractivity contribution in [3.63, 3.8) is 0 Å². The molecule has 0 aromatic rings. The largest absolute Gasteiger partial charge is 0.493 e. The number of likely N-dealkylation sites (tertiary alicyclic amines) is 1. The van der Waals surface area contributed by atoms with Gasteiger partial charge in [0.2, 0.25) is 0 Å². The summed E-state index contributed by atoms with van der Waals surface area (Å²) < 4.78 is 20.9. The van der Waals surface area contributed by atoms with Crippen LogP contribution in [0, 0.1) is 17.8 Å². The number of nitrogens with two attached hydrogens (primary N) is 1. The summed E-state index contributed by atoms with van der Waals surface area (Å²) in [5, 5.41) is 9.34. The highest BCUT2D eigenvalue weighted by atomic mass is 19.1. The van der Waals surface area contributed by atoms with Crippen molar-refractivity contribution < 1.29 is 23.8 Å². The van der Waals surface area contributed by atoms with Gasteiger partial charge < -0.3 is 25.4 Å². The second-order valence-electron chi connectivity index (χ2n) is 7.43. The minimum absolute atomic E-state index is 0.0138. The molecule has 0 aromatic carbocycles. The summed E-state index contributed by atoms with van der Waals surface area (Å²) in [6.45, 7) is 4.18. The van der Waals surface area contributed by atoms with Crippen LogP contribution in [0.25, 0.3) is 0 Å². The van der Waals surface area contributed by atoms with Crippen LogP contribution in [-0.4, -0.2) is 59.1 Å². The van der Waals surface area contributed by atoms with Crippen LogP contribution in [0.15, 0.2) is 35.1 Å². The zero-order valence-electron chi connectivity index (χ0n) is 14.5. The van der Waals surface area contributed by atoms with Gasteiger partial charge in [-0.05, 0) is 24.8 Å². The highest BCUT2D eigenvalue weighted by Crippen LogP contribution is 2.44. The highest BCUT2D eigenvalue weighted by molar-refractivity contribution is 6.16. The maximum Gasteiger partial charge on any atom is 0.341 e. The van der Waals surface area contributed by atoms with Crippen molar-refractivity contribution in [2.45, 2.75) is 19.4 Å². The van der Waals surface area contributed by atoms with Crippen molar-refractivity contribution in [1.29, 1.82) is 0 Å². The van der Waals surface area contributed by atoms with Crippen molar-refractivity contribution in [3.05, 3.63) is 35.1 Å². The first kappa shape index (κ1) is 17.1. The quantitative estimate of drug-likeness (QED) is 0.721. The van der Waals surface area contributed by atoms with Gasteiger partial charge in [-0.2, -0.15) is 0 Å². The fourth-order valence-electron chi connectivity index (χ4n) is 4.35. The highest BCUT2D eigenvalue weighted by Gasteiger charge is 2.50. The molecule has 3 N–H and O–H groups in total. The summed E-state index contributed by atoms with van der Waals surface area (Å²) in [7, 11) is 0. The lowest BCUT2D eigenvalue weighted by atomic mass is 9.78. The van der Waals surface area contributed by atoms with Crippen molar-refractivity contribution in [1.82, 2.24) is 9.80 Å². The van der Waals surface area contributed by atoms with Crippen molar-refractivity contribution >= 4 is 11.9 Å². The predicted molar refractivity (Wildman–Crippen MR) is 89.9 cm³/mol. The third-order valence-electron chi connectivity index (χ3n) is 5.79. The number of carbonyl (C=O) groups is 2. The molecular formula is C18H22FN3O4. The SMILES string of the molecule is C[C@H]1COC2=C(N3CCC(CN)C3)C(F)=CN3C(=O)C(C(=O)O)=CC1C23. The zero-order valence-corrected chi connectivity index (χ0v) is 14.5. The van der Waals surface area contributed by atoms with Crippen LogP contribution in [-0.2, 0) is 14.3 Å². The average molecular weight is 363 g/mol. The van der Waals surface area contributed by atoms with Crippen molar-refractivity contribution in [2.75, 3.05) is 26.2 Å². The molecule has 4 atom stereocenters. The topological polar surface area (TPSA) is 96.1 Å². The van der Waals surface area contributed by atoms with Gasteiger partial charge in [0.25, 0.3) is 5.91 Å². The first-order valence-electron chi connectivity index (χ1n) is 8.89.